The van der Waals surface area contributed by atoms with Gasteiger partial charge in [-0.25, -0.2) is 0 Å². The van der Waals surface area contributed by atoms with Crippen molar-refractivity contribution in [3.8, 4) is 0 Å². The highest BCUT2D eigenvalue weighted by Crippen LogP contribution is 2.41. The van der Waals surface area contributed by atoms with Crippen LogP contribution in [0.5, 0.6) is 0 Å². The molecule has 1 fully saturated rings. The largest absolute Gasteiger partial charge is 0.499 e. The first-order valence-electron chi connectivity index (χ1n) is 5.71. The third-order valence-electron chi connectivity index (χ3n) is 3.51. The third-order valence-corrected chi connectivity index (χ3v) is 3.51. The maximum atomic E-state index is 10.9. The van der Waals surface area contributed by atoms with Crippen LogP contribution in [0.15, 0.2) is 11.8 Å². The molecule has 0 radical (unpaired) electrons. The fraction of sp³-hybridized carbons (Fsp3) is 0.750. The lowest BCUT2D eigenvalue weighted by Gasteiger charge is -2.39. The van der Waals surface area contributed by atoms with Gasteiger partial charge < -0.3 is 14.6 Å². The molecule has 0 amide bonds. The number of rotatable bonds is 3. The van der Waals surface area contributed by atoms with Crippen molar-refractivity contribution in [3.63, 3.8) is 0 Å². The maximum absolute atomic E-state index is 10.9. The summed E-state index contributed by atoms with van der Waals surface area (Å²) >= 11 is 0. The summed E-state index contributed by atoms with van der Waals surface area (Å²) in [7, 11) is 0. The number of allylic oxidation sites excluding steroid dienone is 2. The summed E-state index contributed by atoms with van der Waals surface area (Å²) in [6.45, 7) is 2.65. The molecule has 2 rings (SSSR count). The quantitative estimate of drug-likeness (QED) is 0.718. The molecule has 0 spiro atoms. The third kappa shape index (κ3) is 2.07. The van der Waals surface area contributed by atoms with Gasteiger partial charge in [0.2, 0.25) is 0 Å². The summed E-state index contributed by atoms with van der Waals surface area (Å²) < 4.78 is 5.51. The topological polar surface area (TPSA) is 46.5 Å². The summed E-state index contributed by atoms with van der Waals surface area (Å²) in [5.74, 6) is 1.50. The Morgan fingerprint density at radius 3 is 3.07 bits per heavy atom. The van der Waals surface area contributed by atoms with Crippen LogP contribution in [0, 0.1) is 17.8 Å². The molecule has 4 atom stereocenters. The molecule has 0 heterocycles. The van der Waals surface area contributed by atoms with Crippen LogP contribution < -0.4 is 0 Å². The molecule has 1 saturated carbocycles. The molecule has 0 aromatic carbocycles. The van der Waals surface area contributed by atoms with Gasteiger partial charge in [-0.2, -0.15) is 0 Å². The average molecular weight is 210 g/mol. The molecular formula is C12H18O3. The number of aliphatic hydroxyl groups excluding tert-OH is 1. The minimum absolute atomic E-state index is 0.189. The Hall–Kier alpha value is -0.830. The Morgan fingerprint density at radius 2 is 2.40 bits per heavy atom. The second-order valence-electron chi connectivity index (χ2n) is 4.54. The van der Waals surface area contributed by atoms with Gasteiger partial charge in [-0.05, 0) is 37.7 Å². The number of carbonyl (C=O) groups is 1. The van der Waals surface area contributed by atoms with Crippen LogP contribution in [0.2, 0.25) is 0 Å². The van der Waals surface area contributed by atoms with E-state index < -0.39 is 6.10 Å². The van der Waals surface area contributed by atoms with Crippen LogP contribution in [0.4, 0.5) is 0 Å². The summed E-state index contributed by atoms with van der Waals surface area (Å²) in [5, 5.41) is 9.79. The fourth-order valence-corrected chi connectivity index (χ4v) is 2.86. The van der Waals surface area contributed by atoms with Crippen LogP contribution in [-0.4, -0.2) is 24.1 Å². The zero-order chi connectivity index (χ0) is 10.8. The Kier molecular flexibility index (Phi) is 3.10. The monoisotopic (exact) mass is 210 g/mol. The van der Waals surface area contributed by atoms with Gasteiger partial charge in [-0.15, -0.1) is 0 Å². The van der Waals surface area contributed by atoms with Gasteiger partial charge in [0, 0.05) is 12.3 Å². The lowest BCUT2D eigenvalue weighted by molar-refractivity contribution is -0.119. The Balaban J connectivity index is 2.12. The van der Waals surface area contributed by atoms with Crippen molar-refractivity contribution in [3.05, 3.63) is 11.8 Å². The molecule has 0 aromatic rings. The molecule has 2 bridgehead atoms. The SMILES string of the molecule is CCOC1=CC2CC(O)C(C=O)C(C1)C2. The molecule has 15 heavy (non-hydrogen) atoms. The smallest absolute Gasteiger partial charge is 0.125 e. The van der Waals surface area contributed by atoms with E-state index in [1.165, 1.54) is 0 Å². The zero-order valence-corrected chi connectivity index (χ0v) is 9.06. The highest BCUT2D eigenvalue weighted by Gasteiger charge is 2.39. The van der Waals surface area contributed by atoms with E-state index in [4.69, 9.17) is 4.74 Å². The second kappa shape index (κ2) is 4.35. The Morgan fingerprint density at radius 1 is 1.60 bits per heavy atom. The lowest BCUT2D eigenvalue weighted by Crippen LogP contribution is -2.39. The molecule has 0 aromatic heterocycles. The maximum Gasteiger partial charge on any atom is 0.125 e. The van der Waals surface area contributed by atoms with Crippen molar-refractivity contribution < 1.29 is 14.6 Å². The van der Waals surface area contributed by atoms with Crippen LogP contribution >= 0.6 is 0 Å². The minimum Gasteiger partial charge on any atom is -0.499 e. The number of carbonyl (C=O) groups excluding carboxylic acids is 1. The molecule has 2 aliphatic carbocycles. The highest BCUT2D eigenvalue weighted by atomic mass is 16.5. The van der Waals surface area contributed by atoms with E-state index in [0.29, 0.717) is 18.9 Å². The van der Waals surface area contributed by atoms with Gasteiger partial charge in [0.15, 0.2) is 0 Å². The molecule has 0 aliphatic heterocycles. The summed E-state index contributed by atoms with van der Waals surface area (Å²) in [4.78, 5) is 10.9. The number of fused-ring (bicyclic) bond motifs is 2. The van der Waals surface area contributed by atoms with Gasteiger partial charge in [-0.3, -0.25) is 0 Å². The van der Waals surface area contributed by atoms with Gasteiger partial charge in [-0.1, -0.05) is 0 Å². The van der Waals surface area contributed by atoms with E-state index >= 15 is 0 Å². The van der Waals surface area contributed by atoms with E-state index in [9.17, 15) is 9.90 Å². The Labute approximate surface area is 90.1 Å². The zero-order valence-electron chi connectivity index (χ0n) is 9.06. The highest BCUT2D eigenvalue weighted by molar-refractivity contribution is 5.55. The number of aldehydes is 1. The lowest BCUT2D eigenvalue weighted by atomic mass is 9.68. The van der Waals surface area contributed by atoms with E-state index in [0.717, 1.165) is 24.9 Å². The van der Waals surface area contributed by atoms with Crippen LogP contribution in [0.1, 0.15) is 26.2 Å². The molecule has 1 N–H and O–H groups in total. The molecule has 3 heteroatoms. The molecule has 3 nitrogen and oxygen atoms in total. The van der Waals surface area contributed by atoms with Crippen molar-refractivity contribution >= 4 is 6.29 Å². The predicted molar refractivity (Wildman–Crippen MR) is 56.1 cm³/mol. The fourth-order valence-electron chi connectivity index (χ4n) is 2.86. The van der Waals surface area contributed by atoms with Crippen LogP contribution in [0.3, 0.4) is 0 Å². The number of hydrogen-bond donors (Lipinski definition) is 1. The van der Waals surface area contributed by atoms with Crippen molar-refractivity contribution in [2.75, 3.05) is 6.61 Å². The number of aliphatic hydroxyl groups is 1. The molecule has 2 aliphatic rings. The molecule has 4 unspecified atom stereocenters. The summed E-state index contributed by atoms with van der Waals surface area (Å²) in [6, 6.07) is 0. The van der Waals surface area contributed by atoms with E-state index in [1.54, 1.807) is 0 Å². The first-order valence-corrected chi connectivity index (χ1v) is 5.71. The minimum atomic E-state index is -0.453. The summed E-state index contributed by atoms with van der Waals surface area (Å²) in [5.41, 5.74) is 0. The van der Waals surface area contributed by atoms with Crippen molar-refractivity contribution in [1.29, 1.82) is 0 Å². The van der Waals surface area contributed by atoms with E-state index in [1.807, 2.05) is 6.92 Å². The molecule has 0 saturated heterocycles. The summed E-state index contributed by atoms with van der Waals surface area (Å²) in [6.07, 6.45) is 5.13. The van der Waals surface area contributed by atoms with Crippen LogP contribution in [-0.2, 0) is 9.53 Å². The molecular weight excluding hydrogens is 192 g/mol. The first kappa shape index (κ1) is 10.7. The van der Waals surface area contributed by atoms with E-state index in [-0.39, 0.29) is 11.8 Å². The van der Waals surface area contributed by atoms with Gasteiger partial charge in [0.05, 0.1) is 18.5 Å². The number of hydrogen-bond acceptors (Lipinski definition) is 3. The van der Waals surface area contributed by atoms with E-state index in [2.05, 4.69) is 6.08 Å². The van der Waals surface area contributed by atoms with Crippen molar-refractivity contribution in [2.24, 2.45) is 17.8 Å². The Bertz CT molecular complexity index is 272. The number of ether oxygens (including phenoxy) is 1. The first-order chi connectivity index (χ1) is 7.24. The normalized spacial score (nSPS) is 39.5. The van der Waals surface area contributed by atoms with Gasteiger partial charge in [0.1, 0.15) is 6.29 Å². The second-order valence-corrected chi connectivity index (χ2v) is 4.54. The van der Waals surface area contributed by atoms with Crippen LogP contribution in [0.25, 0.3) is 0 Å². The van der Waals surface area contributed by atoms with Crippen molar-refractivity contribution in [2.45, 2.75) is 32.3 Å². The van der Waals surface area contributed by atoms with Gasteiger partial charge in [0.25, 0.3) is 0 Å². The molecule has 84 valence electrons. The predicted octanol–water partition coefficient (Wildman–Crippen LogP) is 1.51. The van der Waals surface area contributed by atoms with Crippen molar-refractivity contribution in [1.82, 2.24) is 0 Å². The average Bonchev–Trinajstić information content (AvgIpc) is 2.17. The van der Waals surface area contributed by atoms with Gasteiger partial charge >= 0.3 is 0 Å². The standard InChI is InChI=1S/C12H18O3/c1-2-15-10-4-8-3-9(6-10)11(7-13)12(14)5-8/h4,7-9,11-12,14H,2-3,5-6H2,1H3.